The van der Waals surface area contributed by atoms with Gasteiger partial charge in [-0.3, -0.25) is 9.59 Å². The van der Waals surface area contributed by atoms with E-state index in [2.05, 4.69) is 10.5 Å². The Bertz CT molecular complexity index is 714. The molecule has 24 heavy (non-hydrogen) atoms. The number of nitrogens with one attached hydrogen (secondary N) is 1. The first-order valence-corrected chi connectivity index (χ1v) is 7.74. The Balaban J connectivity index is 1.66. The van der Waals surface area contributed by atoms with Gasteiger partial charge >= 0.3 is 0 Å². The maximum absolute atomic E-state index is 12.5. The van der Waals surface area contributed by atoms with E-state index < -0.39 is 6.04 Å². The summed E-state index contributed by atoms with van der Waals surface area (Å²) in [6.45, 7) is 2.60. The van der Waals surface area contributed by atoms with Gasteiger partial charge in [0.15, 0.2) is 0 Å². The summed E-state index contributed by atoms with van der Waals surface area (Å²) in [5.41, 5.74) is 1.61. The maximum Gasteiger partial charge on any atom is 0.249 e. The Labute approximate surface area is 139 Å². The molecule has 126 valence electrons. The van der Waals surface area contributed by atoms with Gasteiger partial charge in [0, 0.05) is 12.6 Å². The number of hydrogen-bond acceptors (Lipinski definition) is 5. The van der Waals surface area contributed by atoms with Crippen molar-refractivity contribution < 1.29 is 18.8 Å². The Morgan fingerprint density at radius 3 is 2.88 bits per heavy atom. The molecular weight excluding hydrogens is 310 g/mol. The zero-order valence-electron chi connectivity index (χ0n) is 13.4. The van der Waals surface area contributed by atoms with Crippen molar-refractivity contribution in [2.75, 3.05) is 13.2 Å². The average molecular weight is 329 g/mol. The fourth-order valence-corrected chi connectivity index (χ4v) is 2.60. The van der Waals surface area contributed by atoms with E-state index in [1.807, 2.05) is 30.3 Å². The molecule has 0 saturated carbocycles. The van der Waals surface area contributed by atoms with Gasteiger partial charge in [-0.15, -0.1) is 0 Å². The third kappa shape index (κ3) is 3.80. The molecule has 1 saturated heterocycles. The highest BCUT2D eigenvalue weighted by Gasteiger charge is 2.33. The van der Waals surface area contributed by atoms with Gasteiger partial charge in [0.05, 0.1) is 13.2 Å². The molecule has 1 fully saturated rings. The lowest BCUT2D eigenvalue weighted by molar-refractivity contribution is -0.155. The summed E-state index contributed by atoms with van der Waals surface area (Å²) in [7, 11) is 0. The Morgan fingerprint density at radius 1 is 1.38 bits per heavy atom. The maximum atomic E-state index is 12.5. The Hall–Kier alpha value is -2.67. The third-order valence-electron chi connectivity index (χ3n) is 3.82. The number of carbonyl (C=O) groups is 2. The summed E-state index contributed by atoms with van der Waals surface area (Å²) >= 11 is 0. The summed E-state index contributed by atoms with van der Waals surface area (Å²) < 4.78 is 10.2. The van der Waals surface area contributed by atoms with Crippen LogP contribution in [0.25, 0.3) is 0 Å². The van der Waals surface area contributed by atoms with Crippen LogP contribution in [0.3, 0.4) is 0 Å². The summed E-state index contributed by atoms with van der Waals surface area (Å²) in [5.74, 6) is 0.225. The zero-order valence-corrected chi connectivity index (χ0v) is 13.4. The van der Waals surface area contributed by atoms with Crippen molar-refractivity contribution in [3.8, 4) is 0 Å². The predicted molar refractivity (Wildman–Crippen MR) is 84.7 cm³/mol. The number of aryl methyl sites for hydroxylation is 1. The monoisotopic (exact) mass is 329 g/mol. The van der Waals surface area contributed by atoms with Crippen LogP contribution in [0, 0.1) is 6.92 Å². The number of rotatable bonds is 5. The Morgan fingerprint density at radius 2 is 2.17 bits per heavy atom. The molecule has 1 aliphatic heterocycles. The van der Waals surface area contributed by atoms with Crippen molar-refractivity contribution in [1.82, 2.24) is 15.4 Å². The number of amides is 2. The first-order chi connectivity index (χ1) is 11.6. The molecule has 0 radical (unpaired) electrons. The molecule has 7 heteroatoms. The van der Waals surface area contributed by atoms with Crippen molar-refractivity contribution in [2.45, 2.75) is 26.1 Å². The van der Waals surface area contributed by atoms with E-state index in [4.69, 9.17) is 9.26 Å². The third-order valence-corrected chi connectivity index (χ3v) is 3.82. The minimum Gasteiger partial charge on any atom is -0.369 e. The van der Waals surface area contributed by atoms with Gasteiger partial charge in [-0.05, 0) is 12.5 Å². The number of aromatic nitrogens is 1. The number of hydrogen-bond donors (Lipinski definition) is 1. The Kier molecular flexibility index (Phi) is 4.90. The lowest BCUT2D eigenvalue weighted by Crippen LogP contribution is -2.55. The van der Waals surface area contributed by atoms with E-state index in [9.17, 15) is 9.59 Å². The topological polar surface area (TPSA) is 84.7 Å². The fraction of sp³-hybridized carbons (Fsp3) is 0.353. The molecule has 1 aliphatic rings. The molecule has 0 spiro atoms. The summed E-state index contributed by atoms with van der Waals surface area (Å²) in [5, 5.41) is 6.62. The average Bonchev–Trinajstić information content (AvgIpc) is 3.01. The number of benzene rings is 1. The van der Waals surface area contributed by atoms with E-state index in [1.54, 1.807) is 17.9 Å². The molecule has 2 aromatic rings. The highest BCUT2D eigenvalue weighted by molar-refractivity contribution is 5.89. The largest absolute Gasteiger partial charge is 0.369 e. The van der Waals surface area contributed by atoms with Crippen LogP contribution in [-0.4, -0.2) is 41.1 Å². The fourth-order valence-electron chi connectivity index (χ4n) is 2.60. The van der Waals surface area contributed by atoms with Gasteiger partial charge in [0.2, 0.25) is 11.8 Å². The van der Waals surface area contributed by atoms with E-state index in [1.165, 1.54) is 0 Å². The molecule has 7 nitrogen and oxygen atoms in total. The van der Waals surface area contributed by atoms with Crippen molar-refractivity contribution in [3.63, 3.8) is 0 Å². The number of carbonyl (C=O) groups excluding carboxylic acids is 2. The standard InChI is InChI=1S/C17H19N3O4/c1-12-7-14(19-24-12)8-18-17(22)15-10-23-11-16(21)20(15)9-13-5-3-2-4-6-13/h2-7,15H,8-11H2,1H3,(H,18,22)/t15-/m1/s1. The molecule has 0 bridgehead atoms. The highest BCUT2D eigenvalue weighted by atomic mass is 16.5. The van der Waals surface area contributed by atoms with Crippen LogP contribution < -0.4 is 5.32 Å². The van der Waals surface area contributed by atoms with Crippen LogP contribution in [0.15, 0.2) is 40.9 Å². The SMILES string of the molecule is Cc1cc(CNC(=O)[C@H]2COCC(=O)N2Cc2ccccc2)no1. The molecule has 0 aliphatic carbocycles. The van der Waals surface area contributed by atoms with Gasteiger partial charge in [-0.1, -0.05) is 35.5 Å². The van der Waals surface area contributed by atoms with Crippen molar-refractivity contribution in [2.24, 2.45) is 0 Å². The summed E-state index contributed by atoms with van der Waals surface area (Å²) in [6.07, 6.45) is 0. The zero-order chi connectivity index (χ0) is 16.9. The van der Waals surface area contributed by atoms with Crippen molar-refractivity contribution in [1.29, 1.82) is 0 Å². The van der Waals surface area contributed by atoms with Gasteiger partial charge in [-0.2, -0.15) is 0 Å². The molecule has 1 aromatic heterocycles. The van der Waals surface area contributed by atoms with Crippen molar-refractivity contribution >= 4 is 11.8 Å². The molecule has 1 aromatic carbocycles. The summed E-state index contributed by atoms with van der Waals surface area (Å²) in [4.78, 5) is 26.2. The highest BCUT2D eigenvalue weighted by Crippen LogP contribution is 2.14. The molecule has 2 amide bonds. The van der Waals surface area contributed by atoms with E-state index in [-0.39, 0.29) is 31.6 Å². The van der Waals surface area contributed by atoms with Crippen LogP contribution in [0.1, 0.15) is 17.0 Å². The van der Waals surface area contributed by atoms with Crippen LogP contribution in [0.2, 0.25) is 0 Å². The summed E-state index contributed by atoms with van der Waals surface area (Å²) in [6, 6.07) is 10.7. The second-order valence-electron chi connectivity index (χ2n) is 5.68. The molecule has 1 N–H and O–H groups in total. The van der Waals surface area contributed by atoms with Gasteiger partial charge < -0.3 is 19.5 Å². The van der Waals surface area contributed by atoms with Crippen LogP contribution in [-0.2, 0) is 27.4 Å². The van der Waals surface area contributed by atoms with Gasteiger partial charge in [0.25, 0.3) is 0 Å². The lowest BCUT2D eigenvalue weighted by Gasteiger charge is -2.34. The molecular formula is C17H19N3O4. The molecule has 0 unspecified atom stereocenters. The quantitative estimate of drug-likeness (QED) is 0.885. The van der Waals surface area contributed by atoms with Crippen LogP contribution in [0.5, 0.6) is 0 Å². The lowest BCUT2D eigenvalue weighted by atomic mass is 10.1. The minimum atomic E-state index is -0.653. The van der Waals surface area contributed by atoms with E-state index in [0.717, 1.165) is 5.56 Å². The van der Waals surface area contributed by atoms with Gasteiger partial charge in [0.1, 0.15) is 24.1 Å². The molecule has 1 atom stereocenters. The van der Waals surface area contributed by atoms with Crippen molar-refractivity contribution in [3.05, 3.63) is 53.4 Å². The van der Waals surface area contributed by atoms with Crippen LogP contribution >= 0.6 is 0 Å². The molecule has 3 rings (SSSR count). The number of ether oxygens (including phenoxy) is 1. The van der Waals surface area contributed by atoms with Gasteiger partial charge in [-0.25, -0.2) is 0 Å². The van der Waals surface area contributed by atoms with Crippen LogP contribution in [0.4, 0.5) is 0 Å². The second-order valence-corrected chi connectivity index (χ2v) is 5.68. The number of nitrogens with zero attached hydrogens (tertiary/aromatic N) is 2. The van der Waals surface area contributed by atoms with E-state index >= 15 is 0 Å². The minimum absolute atomic E-state index is 0.000898. The molecule has 2 heterocycles. The number of morpholine rings is 1. The predicted octanol–water partition coefficient (Wildman–Crippen LogP) is 1.03. The first-order valence-electron chi connectivity index (χ1n) is 7.74. The van der Waals surface area contributed by atoms with E-state index in [0.29, 0.717) is 18.0 Å². The smallest absolute Gasteiger partial charge is 0.249 e. The normalized spacial score (nSPS) is 17.8. The first kappa shape index (κ1) is 16.2. The second kappa shape index (κ2) is 7.27.